The Labute approximate surface area is 115 Å². The number of halogens is 1. The SMILES string of the molecule is CC[Si](CC)[C@@]1(C)CNc2ccc(Br)cc2C1. The standard InChI is InChI=1S/C14H21BrNSi/c1-4-17(5-2)14(3)9-11-8-12(15)6-7-13(11)16-10-14/h6-8,16H,4-5,9-10H2,1-3H3/t14-/m1/s1. The minimum atomic E-state index is -0.255. The zero-order chi connectivity index (χ0) is 12.5. The van der Waals surface area contributed by atoms with Gasteiger partial charge in [0.2, 0.25) is 0 Å². The number of anilines is 1. The fourth-order valence-corrected chi connectivity index (χ4v) is 6.40. The molecule has 0 unspecified atom stereocenters. The first kappa shape index (κ1) is 13.2. The molecule has 1 aromatic carbocycles. The number of benzene rings is 1. The molecule has 1 nitrogen and oxygen atoms in total. The summed E-state index contributed by atoms with van der Waals surface area (Å²) in [4.78, 5) is 0. The van der Waals surface area contributed by atoms with E-state index in [0.29, 0.717) is 5.04 Å². The van der Waals surface area contributed by atoms with Crippen molar-refractivity contribution in [1.82, 2.24) is 0 Å². The van der Waals surface area contributed by atoms with Crippen LogP contribution in [0.4, 0.5) is 5.69 Å². The predicted octanol–water partition coefficient (Wildman–Crippen LogP) is 4.71. The van der Waals surface area contributed by atoms with Gasteiger partial charge in [-0.15, -0.1) is 0 Å². The molecule has 1 heterocycles. The van der Waals surface area contributed by atoms with Crippen LogP contribution in [0.3, 0.4) is 0 Å². The first-order chi connectivity index (χ1) is 8.09. The Kier molecular flexibility index (Phi) is 3.98. The fraction of sp³-hybridized carbons (Fsp3) is 0.571. The lowest BCUT2D eigenvalue weighted by Crippen LogP contribution is -2.39. The molecule has 0 saturated carbocycles. The van der Waals surface area contributed by atoms with Crippen LogP contribution in [0.25, 0.3) is 0 Å². The molecule has 1 aromatic rings. The van der Waals surface area contributed by atoms with E-state index in [1.165, 1.54) is 34.2 Å². The molecule has 1 radical (unpaired) electrons. The topological polar surface area (TPSA) is 12.0 Å². The molecule has 0 bridgehead atoms. The predicted molar refractivity (Wildman–Crippen MR) is 81.4 cm³/mol. The highest BCUT2D eigenvalue weighted by atomic mass is 79.9. The van der Waals surface area contributed by atoms with Gasteiger partial charge < -0.3 is 5.32 Å². The van der Waals surface area contributed by atoms with E-state index in [0.717, 1.165) is 6.54 Å². The highest BCUT2D eigenvalue weighted by Gasteiger charge is 2.36. The summed E-state index contributed by atoms with van der Waals surface area (Å²) in [6.07, 6.45) is 1.24. The Morgan fingerprint density at radius 2 is 2.06 bits per heavy atom. The summed E-state index contributed by atoms with van der Waals surface area (Å²) in [5, 5.41) is 4.14. The summed E-state index contributed by atoms with van der Waals surface area (Å²) < 4.78 is 1.20. The van der Waals surface area contributed by atoms with Gasteiger partial charge in [0.05, 0.1) is 8.80 Å². The second-order valence-electron chi connectivity index (χ2n) is 5.20. The summed E-state index contributed by atoms with van der Waals surface area (Å²) in [6.45, 7) is 8.35. The first-order valence-electron chi connectivity index (χ1n) is 6.46. The molecule has 93 valence electrons. The molecule has 0 aromatic heterocycles. The van der Waals surface area contributed by atoms with E-state index >= 15 is 0 Å². The van der Waals surface area contributed by atoms with Crippen LogP contribution in [-0.4, -0.2) is 15.3 Å². The van der Waals surface area contributed by atoms with Gasteiger partial charge in [0.1, 0.15) is 0 Å². The zero-order valence-corrected chi connectivity index (χ0v) is 13.5. The van der Waals surface area contributed by atoms with Gasteiger partial charge in [0, 0.05) is 16.7 Å². The van der Waals surface area contributed by atoms with Crippen molar-refractivity contribution in [2.24, 2.45) is 0 Å². The molecular formula is C14H21BrNSi. The molecule has 3 heteroatoms. The van der Waals surface area contributed by atoms with Crippen molar-refractivity contribution in [3.63, 3.8) is 0 Å². The van der Waals surface area contributed by atoms with Crippen molar-refractivity contribution in [1.29, 1.82) is 0 Å². The molecule has 2 rings (SSSR count). The van der Waals surface area contributed by atoms with Crippen LogP contribution in [-0.2, 0) is 6.42 Å². The van der Waals surface area contributed by atoms with Crippen LogP contribution in [0.1, 0.15) is 26.3 Å². The Morgan fingerprint density at radius 1 is 1.35 bits per heavy atom. The maximum Gasteiger partial charge on any atom is 0.0563 e. The third-order valence-electron chi connectivity index (χ3n) is 4.02. The van der Waals surface area contributed by atoms with Gasteiger partial charge in [-0.2, -0.15) is 0 Å². The van der Waals surface area contributed by atoms with Gasteiger partial charge in [-0.25, -0.2) is 0 Å². The van der Waals surface area contributed by atoms with Gasteiger partial charge in [-0.05, 0) is 35.2 Å². The third kappa shape index (κ3) is 2.60. The van der Waals surface area contributed by atoms with E-state index in [1.807, 2.05) is 0 Å². The summed E-state index contributed by atoms with van der Waals surface area (Å²) in [5.74, 6) is 0. The van der Waals surface area contributed by atoms with E-state index in [4.69, 9.17) is 0 Å². The van der Waals surface area contributed by atoms with Crippen LogP contribution in [0.5, 0.6) is 0 Å². The third-order valence-corrected chi connectivity index (χ3v) is 8.29. The molecule has 0 aliphatic carbocycles. The first-order valence-corrected chi connectivity index (χ1v) is 9.17. The second kappa shape index (κ2) is 5.15. The number of fused-ring (bicyclic) bond motifs is 1. The quantitative estimate of drug-likeness (QED) is 0.797. The Balaban J connectivity index is 2.27. The lowest BCUT2D eigenvalue weighted by Gasteiger charge is -2.40. The van der Waals surface area contributed by atoms with Crippen LogP contribution in [0.2, 0.25) is 17.1 Å². The van der Waals surface area contributed by atoms with Gasteiger partial charge in [0.25, 0.3) is 0 Å². The molecule has 0 fully saturated rings. The number of hydrogen-bond donors (Lipinski definition) is 1. The van der Waals surface area contributed by atoms with Crippen molar-refractivity contribution in [2.45, 2.75) is 44.3 Å². The summed E-state index contributed by atoms with van der Waals surface area (Å²) in [5.41, 5.74) is 2.82. The molecule has 1 N–H and O–H groups in total. The minimum Gasteiger partial charge on any atom is -0.385 e. The average molecular weight is 311 g/mol. The Bertz CT molecular complexity index is 403. The van der Waals surface area contributed by atoms with Gasteiger partial charge >= 0.3 is 0 Å². The lowest BCUT2D eigenvalue weighted by atomic mass is 9.94. The normalized spacial score (nSPS) is 23.4. The largest absolute Gasteiger partial charge is 0.385 e. The minimum absolute atomic E-state index is 0.255. The second-order valence-corrected chi connectivity index (χ2v) is 9.95. The zero-order valence-electron chi connectivity index (χ0n) is 10.9. The van der Waals surface area contributed by atoms with Crippen LogP contribution < -0.4 is 5.32 Å². The monoisotopic (exact) mass is 310 g/mol. The molecular weight excluding hydrogens is 290 g/mol. The Hall–Kier alpha value is -0.283. The maximum absolute atomic E-state index is 3.63. The van der Waals surface area contributed by atoms with Gasteiger partial charge in [0.15, 0.2) is 0 Å². The summed E-state index contributed by atoms with van der Waals surface area (Å²) in [7, 11) is -0.255. The van der Waals surface area contributed by atoms with Crippen molar-refractivity contribution in [2.75, 3.05) is 11.9 Å². The molecule has 1 atom stereocenters. The van der Waals surface area contributed by atoms with Crippen molar-refractivity contribution < 1.29 is 0 Å². The Morgan fingerprint density at radius 3 is 2.71 bits per heavy atom. The van der Waals surface area contributed by atoms with Gasteiger partial charge in [-0.3, -0.25) is 0 Å². The molecule has 1 aliphatic heterocycles. The number of nitrogens with one attached hydrogen (secondary N) is 1. The molecule has 0 saturated heterocycles. The summed E-state index contributed by atoms with van der Waals surface area (Å²) >= 11 is 3.58. The number of hydrogen-bond acceptors (Lipinski definition) is 1. The smallest absolute Gasteiger partial charge is 0.0563 e. The molecule has 17 heavy (non-hydrogen) atoms. The highest BCUT2D eigenvalue weighted by molar-refractivity contribution is 9.10. The van der Waals surface area contributed by atoms with Crippen molar-refractivity contribution in [3.05, 3.63) is 28.2 Å². The van der Waals surface area contributed by atoms with E-state index < -0.39 is 0 Å². The van der Waals surface area contributed by atoms with Crippen LogP contribution >= 0.6 is 15.9 Å². The number of rotatable bonds is 3. The van der Waals surface area contributed by atoms with E-state index in [9.17, 15) is 0 Å². The van der Waals surface area contributed by atoms with Crippen molar-refractivity contribution in [3.8, 4) is 0 Å². The van der Waals surface area contributed by atoms with Crippen LogP contribution in [0.15, 0.2) is 22.7 Å². The summed E-state index contributed by atoms with van der Waals surface area (Å²) in [6, 6.07) is 9.36. The van der Waals surface area contributed by atoms with Gasteiger partial charge in [-0.1, -0.05) is 48.8 Å². The average Bonchev–Trinajstić information content (AvgIpc) is 2.29. The molecule has 0 amide bonds. The van der Waals surface area contributed by atoms with E-state index in [-0.39, 0.29) is 8.80 Å². The molecule has 1 aliphatic rings. The van der Waals surface area contributed by atoms with Crippen LogP contribution in [0, 0.1) is 0 Å². The highest BCUT2D eigenvalue weighted by Crippen LogP contribution is 2.43. The molecule has 0 spiro atoms. The van der Waals surface area contributed by atoms with E-state index in [2.05, 4.69) is 60.2 Å². The van der Waals surface area contributed by atoms with E-state index in [1.54, 1.807) is 0 Å². The van der Waals surface area contributed by atoms with Crippen molar-refractivity contribution >= 4 is 30.4 Å². The maximum atomic E-state index is 3.63. The fourth-order valence-electron chi connectivity index (χ4n) is 3.01. The lowest BCUT2D eigenvalue weighted by molar-refractivity contribution is 0.596.